The Balaban J connectivity index is 2.87. The van der Waals surface area contributed by atoms with E-state index in [9.17, 15) is 5.11 Å². The van der Waals surface area contributed by atoms with E-state index in [0.29, 0.717) is 11.1 Å². The van der Waals surface area contributed by atoms with Crippen LogP contribution in [0.2, 0.25) is 0 Å². The van der Waals surface area contributed by atoms with Crippen LogP contribution in [0.3, 0.4) is 0 Å². The molecule has 0 amide bonds. The number of hydrogen-bond acceptors (Lipinski definition) is 2. The van der Waals surface area contributed by atoms with Gasteiger partial charge < -0.3 is 5.11 Å². The minimum Gasteiger partial charge on any atom is -0.386 e. The van der Waals surface area contributed by atoms with E-state index in [2.05, 4.69) is 0 Å². The molecule has 0 aliphatic heterocycles. The summed E-state index contributed by atoms with van der Waals surface area (Å²) < 4.78 is 0. The maximum absolute atomic E-state index is 9.41. The molecule has 1 atom stereocenters. The number of rotatable bonds is 2. The smallest absolute Gasteiger partial charge is 0.137 e. The standard InChI is InChI=1S/C9H7Cl2NO/c10-9(11)8(13)7-3-1-6(5-12)2-4-7/h1-4,8-9,13H. The van der Waals surface area contributed by atoms with Crippen molar-refractivity contribution < 1.29 is 5.11 Å². The Morgan fingerprint density at radius 2 is 1.77 bits per heavy atom. The fourth-order valence-corrected chi connectivity index (χ4v) is 1.19. The molecule has 0 aliphatic rings. The van der Waals surface area contributed by atoms with Crippen LogP contribution in [0.5, 0.6) is 0 Å². The molecule has 13 heavy (non-hydrogen) atoms. The normalized spacial score (nSPS) is 12.5. The summed E-state index contributed by atoms with van der Waals surface area (Å²) in [7, 11) is 0. The lowest BCUT2D eigenvalue weighted by atomic mass is 10.1. The van der Waals surface area contributed by atoms with Gasteiger partial charge in [-0.3, -0.25) is 0 Å². The van der Waals surface area contributed by atoms with E-state index in [-0.39, 0.29) is 0 Å². The van der Waals surface area contributed by atoms with E-state index in [0.717, 1.165) is 0 Å². The second-order valence-corrected chi connectivity index (χ2v) is 3.68. The van der Waals surface area contributed by atoms with Gasteiger partial charge >= 0.3 is 0 Å². The Labute approximate surface area is 86.3 Å². The van der Waals surface area contributed by atoms with E-state index < -0.39 is 10.9 Å². The van der Waals surface area contributed by atoms with E-state index >= 15 is 0 Å². The molecule has 0 fully saturated rings. The van der Waals surface area contributed by atoms with Crippen molar-refractivity contribution in [3.05, 3.63) is 35.4 Å². The maximum atomic E-state index is 9.41. The zero-order chi connectivity index (χ0) is 9.84. The lowest BCUT2D eigenvalue weighted by molar-refractivity contribution is 0.193. The van der Waals surface area contributed by atoms with Crippen molar-refractivity contribution in [2.24, 2.45) is 0 Å². The van der Waals surface area contributed by atoms with Crippen LogP contribution in [0.1, 0.15) is 17.2 Å². The van der Waals surface area contributed by atoms with Gasteiger partial charge in [-0.05, 0) is 17.7 Å². The minimum absolute atomic E-state index is 0.539. The summed E-state index contributed by atoms with van der Waals surface area (Å²) in [5.74, 6) is 0. The van der Waals surface area contributed by atoms with Gasteiger partial charge in [0.25, 0.3) is 0 Å². The molecule has 0 saturated heterocycles. The molecule has 0 spiro atoms. The quantitative estimate of drug-likeness (QED) is 0.771. The molecule has 0 radical (unpaired) electrons. The van der Waals surface area contributed by atoms with Crippen LogP contribution < -0.4 is 0 Å². The lowest BCUT2D eigenvalue weighted by Crippen LogP contribution is -2.05. The number of alkyl halides is 2. The molecular formula is C9H7Cl2NO. The average molecular weight is 216 g/mol. The van der Waals surface area contributed by atoms with Crippen molar-refractivity contribution in [2.75, 3.05) is 0 Å². The zero-order valence-corrected chi connectivity index (χ0v) is 8.13. The molecule has 0 bridgehead atoms. The fourth-order valence-electron chi connectivity index (χ4n) is 0.900. The van der Waals surface area contributed by atoms with Gasteiger partial charge in [-0.15, -0.1) is 23.2 Å². The Kier molecular flexibility index (Phi) is 3.56. The highest BCUT2D eigenvalue weighted by Gasteiger charge is 2.14. The summed E-state index contributed by atoms with van der Waals surface area (Å²) in [5.41, 5.74) is 1.14. The van der Waals surface area contributed by atoms with Gasteiger partial charge in [0.2, 0.25) is 0 Å². The summed E-state index contributed by atoms with van der Waals surface area (Å²) in [6.45, 7) is 0. The summed E-state index contributed by atoms with van der Waals surface area (Å²) in [6, 6.07) is 8.44. The van der Waals surface area contributed by atoms with Crippen molar-refractivity contribution in [2.45, 2.75) is 10.9 Å². The Hall–Kier alpha value is -0.750. The minimum atomic E-state index is -0.906. The van der Waals surface area contributed by atoms with Gasteiger partial charge in [0, 0.05) is 0 Å². The second kappa shape index (κ2) is 4.48. The SMILES string of the molecule is N#Cc1ccc(C(O)C(Cl)Cl)cc1. The predicted octanol–water partition coefficient (Wildman–Crippen LogP) is 2.40. The van der Waals surface area contributed by atoms with E-state index in [1.807, 2.05) is 6.07 Å². The molecule has 2 nitrogen and oxygen atoms in total. The summed E-state index contributed by atoms with van der Waals surface area (Å²) in [6.07, 6.45) is -0.906. The van der Waals surface area contributed by atoms with Crippen molar-refractivity contribution in [3.63, 3.8) is 0 Å². The van der Waals surface area contributed by atoms with Crippen LogP contribution in [0, 0.1) is 11.3 Å². The van der Waals surface area contributed by atoms with Gasteiger partial charge in [-0.25, -0.2) is 0 Å². The number of benzene rings is 1. The molecule has 1 unspecified atom stereocenters. The molecule has 0 aromatic heterocycles. The van der Waals surface area contributed by atoms with Crippen molar-refractivity contribution >= 4 is 23.2 Å². The molecule has 1 rings (SSSR count). The topological polar surface area (TPSA) is 44.0 Å². The molecule has 0 aliphatic carbocycles. The zero-order valence-electron chi connectivity index (χ0n) is 6.61. The summed E-state index contributed by atoms with van der Waals surface area (Å²) >= 11 is 11.0. The van der Waals surface area contributed by atoms with Gasteiger partial charge in [-0.1, -0.05) is 12.1 Å². The van der Waals surface area contributed by atoms with Crippen molar-refractivity contribution in [1.29, 1.82) is 5.26 Å². The predicted molar refractivity (Wildman–Crippen MR) is 51.6 cm³/mol. The van der Waals surface area contributed by atoms with E-state index in [4.69, 9.17) is 28.5 Å². The van der Waals surface area contributed by atoms with Gasteiger partial charge in [0.15, 0.2) is 0 Å². The second-order valence-electron chi connectivity index (χ2n) is 2.51. The van der Waals surface area contributed by atoms with Crippen LogP contribution in [0.15, 0.2) is 24.3 Å². The number of nitrogens with zero attached hydrogens (tertiary/aromatic N) is 1. The van der Waals surface area contributed by atoms with Crippen LogP contribution >= 0.6 is 23.2 Å². The van der Waals surface area contributed by atoms with Crippen LogP contribution in [0.4, 0.5) is 0 Å². The average Bonchev–Trinajstić information content (AvgIpc) is 2.17. The summed E-state index contributed by atoms with van der Waals surface area (Å²) in [4.78, 5) is -0.854. The molecule has 4 heteroatoms. The van der Waals surface area contributed by atoms with Crippen LogP contribution in [-0.4, -0.2) is 9.94 Å². The highest BCUT2D eigenvalue weighted by molar-refractivity contribution is 6.44. The summed E-state index contributed by atoms with van der Waals surface area (Å²) in [5, 5.41) is 17.9. The number of nitriles is 1. The maximum Gasteiger partial charge on any atom is 0.137 e. The van der Waals surface area contributed by atoms with Gasteiger partial charge in [0.05, 0.1) is 11.6 Å². The molecular weight excluding hydrogens is 209 g/mol. The Bertz CT molecular complexity index is 315. The molecule has 68 valence electrons. The highest BCUT2D eigenvalue weighted by atomic mass is 35.5. The molecule has 1 aromatic carbocycles. The molecule has 1 aromatic rings. The first-order chi connectivity index (χ1) is 6.15. The molecule has 1 N–H and O–H groups in total. The van der Waals surface area contributed by atoms with Crippen LogP contribution in [0.25, 0.3) is 0 Å². The Morgan fingerprint density at radius 3 is 2.15 bits per heavy atom. The van der Waals surface area contributed by atoms with Crippen molar-refractivity contribution in [3.8, 4) is 6.07 Å². The lowest BCUT2D eigenvalue weighted by Gasteiger charge is -2.10. The first-order valence-electron chi connectivity index (χ1n) is 3.61. The number of aliphatic hydroxyl groups is 1. The number of aliphatic hydroxyl groups excluding tert-OH is 1. The fraction of sp³-hybridized carbons (Fsp3) is 0.222. The van der Waals surface area contributed by atoms with Gasteiger partial charge in [0.1, 0.15) is 10.9 Å². The van der Waals surface area contributed by atoms with Crippen LogP contribution in [-0.2, 0) is 0 Å². The van der Waals surface area contributed by atoms with E-state index in [1.54, 1.807) is 24.3 Å². The largest absolute Gasteiger partial charge is 0.386 e. The molecule has 0 heterocycles. The van der Waals surface area contributed by atoms with Crippen molar-refractivity contribution in [1.82, 2.24) is 0 Å². The first kappa shape index (κ1) is 10.3. The molecule has 0 saturated carbocycles. The third kappa shape index (κ3) is 2.60. The Morgan fingerprint density at radius 1 is 1.23 bits per heavy atom. The monoisotopic (exact) mass is 215 g/mol. The highest BCUT2D eigenvalue weighted by Crippen LogP contribution is 2.23. The number of hydrogen-bond donors (Lipinski definition) is 1. The first-order valence-corrected chi connectivity index (χ1v) is 4.48. The van der Waals surface area contributed by atoms with E-state index in [1.165, 1.54) is 0 Å². The van der Waals surface area contributed by atoms with Gasteiger partial charge in [-0.2, -0.15) is 5.26 Å². The third-order valence-corrected chi connectivity index (χ3v) is 2.10. The number of halogens is 2. The third-order valence-electron chi connectivity index (χ3n) is 1.62.